The Morgan fingerprint density at radius 3 is 2.62 bits per heavy atom. The van der Waals surface area contributed by atoms with Crippen molar-refractivity contribution in [1.82, 2.24) is 9.88 Å². The molecule has 0 radical (unpaired) electrons. The molecule has 1 aliphatic rings. The predicted octanol–water partition coefficient (Wildman–Crippen LogP) is 6.50. The molecule has 1 aromatic heterocycles. The standard InChI is InChI=1S/C25H27ClFN3O2/c1-16(21-14-28-24(31)20-10-6-5-9-19(20)21)30(15-17-7-3-2-4-8-17)25(32)29-18-11-12-23(27)22(26)13-18/h5-6,9-14,16-17H,2-4,7-8,15H2,1H3,(H,28,31)(H,29,32)/t16-/m0/s1. The molecule has 7 heteroatoms. The second-order valence-corrected chi connectivity index (χ2v) is 8.92. The third-order valence-corrected chi connectivity index (χ3v) is 6.66. The second-order valence-electron chi connectivity index (χ2n) is 8.51. The zero-order valence-electron chi connectivity index (χ0n) is 18.0. The summed E-state index contributed by atoms with van der Waals surface area (Å²) in [6.07, 6.45) is 7.45. The van der Waals surface area contributed by atoms with E-state index >= 15 is 0 Å². The van der Waals surface area contributed by atoms with Gasteiger partial charge < -0.3 is 15.2 Å². The molecule has 0 spiro atoms. The van der Waals surface area contributed by atoms with Gasteiger partial charge in [0.2, 0.25) is 0 Å². The Morgan fingerprint density at radius 1 is 1.19 bits per heavy atom. The summed E-state index contributed by atoms with van der Waals surface area (Å²) in [6, 6.07) is 11.0. The molecule has 1 heterocycles. The average Bonchev–Trinajstić information content (AvgIpc) is 2.80. The number of rotatable bonds is 5. The highest BCUT2D eigenvalue weighted by Crippen LogP contribution is 2.31. The Kier molecular flexibility index (Phi) is 6.80. The van der Waals surface area contributed by atoms with Crippen molar-refractivity contribution in [3.05, 3.63) is 75.4 Å². The van der Waals surface area contributed by atoms with Gasteiger partial charge in [0, 0.05) is 23.8 Å². The van der Waals surface area contributed by atoms with Gasteiger partial charge in [-0.2, -0.15) is 0 Å². The van der Waals surface area contributed by atoms with E-state index in [0.717, 1.165) is 23.8 Å². The Labute approximate surface area is 191 Å². The highest BCUT2D eigenvalue weighted by Gasteiger charge is 2.27. The van der Waals surface area contributed by atoms with Crippen LogP contribution in [0.1, 0.15) is 50.6 Å². The third-order valence-electron chi connectivity index (χ3n) is 6.37. The Bertz CT molecular complexity index is 1170. The van der Waals surface area contributed by atoms with E-state index < -0.39 is 5.82 Å². The van der Waals surface area contributed by atoms with Gasteiger partial charge in [0.1, 0.15) is 5.82 Å². The molecule has 2 aromatic carbocycles. The van der Waals surface area contributed by atoms with Gasteiger partial charge in [-0.05, 0) is 60.9 Å². The number of carbonyl (C=O) groups excluding carboxylic acids is 1. The van der Waals surface area contributed by atoms with Crippen molar-refractivity contribution in [3.63, 3.8) is 0 Å². The van der Waals surface area contributed by atoms with Gasteiger partial charge in [0.15, 0.2) is 0 Å². The molecule has 1 fully saturated rings. The summed E-state index contributed by atoms with van der Waals surface area (Å²) in [5.41, 5.74) is 1.16. The van der Waals surface area contributed by atoms with Crippen molar-refractivity contribution in [1.29, 1.82) is 0 Å². The number of benzene rings is 2. The van der Waals surface area contributed by atoms with Gasteiger partial charge in [0.25, 0.3) is 5.56 Å². The number of anilines is 1. The number of nitrogens with one attached hydrogen (secondary N) is 2. The molecule has 2 amide bonds. The van der Waals surface area contributed by atoms with Crippen LogP contribution in [0.25, 0.3) is 10.8 Å². The van der Waals surface area contributed by atoms with Crippen LogP contribution in [0.5, 0.6) is 0 Å². The lowest BCUT2D eigenvalue weighted by Gasteiger charge is -2.34. The summed E-state index contributed by atoms with van der Waals surface area (Å²) in [7, 11) is 0. The number of H-pyrrole nitrogens is 1. The molecule has 32 heavy (non-hydrogen) atoms. The van der Waals surface area contributed by atoms with Crippen molar-refractivity contribution >= 4 is 34.1 Å². The molecule has 3 aromatic rings. The van der Waals surface area contributed by atoms with Gasteiger partial charge >= 0.3 is 6.03 Å². The number of nitrogens with zero attached hydrogens (tertiary/aromatic N) is 1. The summed E-state index contributed by atoms with van der Waals surface area (Å²) >= 11 is 5.90. The summed E-state index contributed by atoms with van der Waals surface area (Å²) in [4.78, 5) is 30.3. The topological polar surface area (TPSA) is 65.2 Å². The van der Waals surface area contributed by atoms with Crippen LogP contribution in [-0.2, 0) is 0 Å². The highest BCUT2D eigenvalue weighted by atomic mass is 35.5. The Morgan fingerprint density at radius 2 is 1.91 bits per heavy atom. The van der Waals surface area contributed by atoms with E-state index in [4.69, 9.17) is 11.6 Å². The van der Waals surface area contributed by atoms with E-state index in [1.54, 1.807) is 12.3 Å². The number of hydrogen-bond acceptors (Lipinski definition) is 2. The molecule has 5 nitrogen and oxygen atoms in total. The number of pyridine rings is 1. The minimum absolute atomic E-state index is 0.0405. The quantitative estimate of drug-likeness (QED) is 0.461. The number of aromatic nitrogens is 1. The molecule has 0 unspecified atom stereocenters. The minimum atomic E-state index is -0.531. The predicted molar refractivity (Wildman–Crippen MR) is 127 cm³/mol. The van der Waals surface area contributed by atoms with Crippen LogP contribution in [0, 0.1) is 11.7 Å². The minimum Gasteiger partial charge on any atom is -0.328 e. The van der Waals surface area contributed by atoms with Crippen molar-refractivity contribution in [3.8, 4) is 0 Å². The van der Waals surface area contributed by atoms with Crippen LogP contribution in [0.2, 0.25) is 5.02 Å². The normalized spacial score (nSPS) is 15.5. The van der Waals surface area contributed by atoms with Crippen molar-refractivity contribution in [2.24, 2.45) is 5.92 Å². The summed E-state index contributed by atoms with van der Waals surface area (Å²) < 4.78 is 13.6. The maximum absolute atomic E-state index is 13.6. The van der Waals surface area contributed by atoms with Crippen LogP contribution < -0.4 is 10.9 Å². The second kappa shape index (κ2) is 9.74. The van der Waals surface area contributed by atoms with Crippen molar-refractivity contribution in [2.45, 2.75) is 45.1 Å². The first-order valence-corrected chi connectivity index (χ1v) is 11.4. The molecule has 1 saturated carbocycles. The van der Waals surface area contributed by atoms with E-state index in [-0.39, 0.29) is 22.7 Å². The number of fused-ring (bicyclic) bond motifs is 1. The zero-order chi connectivity index (χ0) is 22.7. The van der Waals surface area contributed by atoms with Crippen LogP contribution in [0.4, 0.5) is 14.9 Å². The molecular weight excluding hydrogens is 429 g/mol. The fraction of sp³-hybridized carbons (Fsp3) is 0.360. The number of amides is 2. The zero-order valence-corrected chi connectivity index (χ0v) is 18.8. The van der Waals surface area contributed by atoms with Gasteiger partial charge in [-0.15, -0.1) is 0 Å². The molecule has 4 rings (SSSR count). The molecule has 1 atom stereocenters. The maximum atomic E-state index is 13.6. The van der Waals surface area contributed by atoms with E-state index in [9.17, 15) is 14.0 Å². The summed E-state index contributed by atoms with van der Waals surface area (Å²) in [5.74, 6) is -0.111. The fourth-order valence-corrected chi connectivity index (χ4v) is 4.76. The first-order valence-electron chi connectivity index (χ1n) is 11.1. The maximum Gasteiger partial charge on any atom is 0.322 e. The highest BCUT2D eigenvalue weighted by molar-refractivity contribution is 6.31. The molecular formula is C25H27ClFN3O2. The fourth-order valence-electron chi connectivity index (χ4n) is 4.58. The number of hydrogen-bond donors (Lipinski definition) is 2. The van der Waals surface area contributed by atoms with Gasteiger partial charge in [-0.1, -0.05) is 49.1 Å². The SMILES string of the molecule is C[C@@H](c1c[nH]c(=O)c2ccccc12)N(CC1CCCCC1)C(=O)Nc1ccc(F)c(Cl)c1. The smallest absolute Gasteiger partial charge is 0.322 e. The van der Waals surface area contributed by atoms with Crippen LogP contribution in [-0.4, -0.2) is 22.5 Å². The number of halogens is 2. The van der Waals surface area contributed by atoms with Gasteiger partial charge in [0.05, 0.1) is 11.1 Å². The molecule has 0 aliphatic heterocycles. The van der Waals surface area contributed by atoms with Crippen LogP contribution >= 0.6 is 11.6 Å². The number of aromatic amines is 1. The van der Waals surface area contributed by atoms with E-state index in [2.05, 4.69) is 10.3 Å². The Balaban J connectivity index is 1.67. The first-order chi connectivity index (χ1) is 15.4. The first kappa shape index (κ1) is 22.3. The molecule has 1 aliphatic carbocycles. The van der Waals surface area contributed by atoms with E-state index in [0.29, 0.717) is 23.5 Å². The molecule has 0 bridgehead atoms. The van der Waals surface area contributed by atoms with E-state index in [1.165, 1.54) is 37.5 Å². The third kappa shape index (κ3) is 4.80. The molecule has 2 N–H and O–H groups in total. The van der Waals surface area contributed by atoms with E-state index in [1.807, 2.05) is 30.0 Å². The van der Waals surface area contributed by atoms with Crippen molar-refractivity contribution < 1.29 is 9.18 Å². The lowest BCUT2D eigenvalue weighted by molar-refractivity contribution is 0.168. The van der Waals surface area contributed by atoms with Crippen molar-refractivity contribution in [2.75, 3.05) is 11.9 Å². The summed E-state index contributed by atoms with van der Waals surface area (Å²) in [6.45, 7) is 2.58. The number of urea groups is 1. The lowest BCUT2D eigenvalue weighted by atomic mass is 9.88. The molecule has 0 saturated heterocycles. The lowest BCUT2D eigenvalue weighted by Crippen LogP contribution is -2.41. The van der Waals surface area contributed by atoms with Crippen LogP contribution in [0.3, 0.4) is 0 Å². The number of carbonyl (C=O) groups is 1. The Hall–Kier alpha value is -2.86. The summed E-state index contributed by atoms with van der Waals surface area (Å²) in [5, 5.41) is 4.26. The van der Waals surface area contributed by atoms with Gasteiger partial charge in [-0.3, -0.25) is 4.79 Å². The molecule has 168 valence electrons. The van der Waals surface area contributed by atoms with Gasteiger partial charge in [-0.25, -0.2) is 9.18 Å². The largest absolute Gasteiger partial charge is 0.328 e. The monoisotopic (exact) mass is 455 g/mol. The average molecular weight is 456 g/mol. The van der Waals surface area contributed by atoms with Crippen LogP contribution in [0.15, 0.2) is 53.5 Å².